The second kappa shape index (κ2) is 5.05. The van der Waals surface area contributed by atoms with Crippen LogP contribution in [0.3, 0.4) is 0 Å². The lowest BCUT2D eigenvalue weighted by atomic mass is 10.1. The molecule has 0 aliphatic carbocycles. The Labute approximate surface area is 86.6 Å². The number of halogens is 1. The van der Waals surface area contributed by atoms with Crippen molar-refractivity contribution in [3.63, 3.8) is 0 Å². The number of hydrogen-bond donors (Lipinski definition) is 1. The van der Waals surface area contributed by atoms with E-state index in [4.69, 9.17) is 5.11 Å². The predicted molar refractivity (Wildman–Crippen MR) is 56.0 cm³/mol. The third kappa shape index (κ3) is 2.49. The van der Waals surface area contributed by atoms with E-state index in [1.54, 1.807) is 25.1 Å². The number of aromatic nitrogens is 1. The van der Waals surface area contributed by atoms with Gasteiger partial charge in [0, 0.05) is 11.8 Å². The van der Waals surface area contributed by atoms with E-state index in [1.807, 2.05) is 0 Å². The molecule has 1 heterocycles. The van der Waals surface area contributed by atoms with Crippen LogP contribution in [0, 0.1) is 0 Å². The molecule has 0 saturated carbocycles. The van der Waals surface area contributed by atoms with E-state index in [2.05, 4.69) is 4.98 Å². The Hall–Kier alpha value is -1.97. The van der Waals surface area contributed by atoms with Gasteiger partial charge in [-0.1, -0.05) is 12.2 Å². The maximum Gasteiger partial charge on any atom is 0.355 e. The summed E-state index contributed by atoms with van der Waals surface area (Å²) in [7, 11) is 0. The summed E-state index contributed by atoms with van der Waals surface area (Å²) >= 11 is 0. The van der Waals surface area contributed by atoms with Gasteiger partial charge in [0.2, 0.25) is 0 Å². The number of pyridine rings is 1. The molecule has 1 rings (SSSR count). The molecule has 0 bridgehead atoms. The summed E-state index contributed by atoms with van der Waals surface area (Å²) in [5, 5.41) is 8.87. The van der Waals surface area contributed by atoms with Crippen molar-refractivity contribution in [1.29, 1.82) is 0 Å². The fourth-order valence-corrected chi connectivity index (χ4v) is 1.21. The lowest BCUT2D eigenvalue weighted by molar-refractivity contribution is 0.0690. The van der Waals surface area contributed by atoms with Crippen molar-refractivity contribution in [1.82, 2.24) is 4.98 Å². The Morgan fingerprint density at radius 3 is 2.80 bits per heavy atom. The van der Waals surface area contributed by atoms with Crippen molar-refractivity contribution in [2.45, 2.75) is 6.92 Å². The van der Waals surface area contributed by atoms with Gasteiger partial charge in [0.1, 0.15) is 0 Å². The Balaban J connectivity index is 3.40. The smallest absolute Gasteiger partial charge is 0.355 e. The minimum Gasteiger partial charge on any atom is -0.476 e. The molecule has 15 heavy (non-hydrogen) atoms. The van der Waals surface area contributed by atoms with Gasteiger partial charge in [0.05, 0.1) is 6.33 Å². The molecule has 0 spiro atoms. The normalized spacial score (nSPS) is 11.3. The number of rotatable bonds is 3. The van der Waals surface area contributed by atoms with Gasteiger partial charge in [-0.2, -0.15) is 0 Å². The molecule has 4 heteroatoms. The standard InChI is InChI=1S/C11H10FNO2/c1-2-3-9-8(4-6-12)5-7-13-10(9)11(14)15/h2-7H,1H3,(H,14,15)/b3-2-,6-4+. The van der Waals surface area contributed by atoms with Crippen molar-refractivity contribution in [3.05, 3.63) is 41.5 Å². The van der Waals surface area contributed by atoms with E-state index in [-0.39, 0.29) is 5.69 Å². The lowest BCUT2D eigenvalue weighted by Crippen LogP contribution is -2.04. The summed E-state index contributed by atoms with van der Waals surface area (Å²) in [5.74, 6) is -1.13. The molecule has 1 aromatic heterocycles. The highest BCUT2D eigenvalue weighted by Crippen LogP contribution is 2.16. The van der Waals surface area contributed by atoms with E-state index >= 15 is 0 Å². The minimum atomic E-state index is -1.13. The first-order chi connectivity index (χ1) is 7.20. The first-order valence-electron chi connectivity index (χ1n) is 4.32. The Morgan fingerprint density at radius 1 is 1.53 bits per heavy atom. The summed E-state index contributed by atoms with van der Waals surface area (Å²) in [6, 6.07) is 1.55. The molecule has 0 amide bonds. The zero-order chi connectivity index (χ0) is 11.3. The zero-order valence-corrected chi connectivity index (χ0v) is 8.14. The summed E-state index contributed by atoms with van der Waals surface area (Å²) in [5.41, 5.74) is 0.813. The molecule has 0 unspecified atom stereocenters. The second-order valence-electron chi connectivity index (χ2n) is 2.76. The topological polar surface area (TPSA) is 50.2 Å². The minimum absolute atomic E-state index is 0.0799. The SMILES string of the molecule is C/C=C\c1c(/C=C/F)ccnc1C(=O)O. The fourth-order valence-electron chi connectivity index (χ4n) is 1.21. The quantitative estimate of drug-likeness (QED) is 0.829. The van der Waals surface area contributed by atoms with E-state index in [0.717, 1.165) is 0 Å². The molecule has 0 fully saturated rings. The van der Waals surface area contributed by atoms with E-state index in [9.17, 15) is 9.18 Å². The van der Waals surface area contributed by atoms with Gasteiger partial charge in [0.25, 0.3) is 0 Å². The van der Waals surface area contributed by atoms with E-state index in [0.29, 0.717) is 17.5 Å². The van der Waals surface area contributed by atoms with E-state index in [1.165, 1.54) is 12.3 Å². The largest absolute Gasteiger partial charge is 0.476 e. The van der Waals surface area contributed by atoms with Gasteiger partial charge in [0.15, 0.2) is 5.69 Å². The fraction of sp³-hybridized carbons (Fsp3) is 0.0909. The second-order valence-corrected chi connectivity index (χ2v) is 2.76. The Morgan fingerprint density at radius 2 is 2.27 bits per heavy atom. The summed E-state index contributed by atoms with van der Waals surface area (Å²) in [4.78, 5) is 14.6. The van der Waals surface area contributed by atoms with Crippen molar-refractivity contribution in [3.8, 4) is 0 Å². The average molecular weight is 207 g/mol. The van der Waals surface area contributed by atoms with Gasteiger partial charge in [-0.3, -0.25) is 0 Å². The molecule has 0 saturated heterocycles. The van der Waals surface area contributed by atoms with Crippen molar-refractivity contribution in [2.75, 3.05) is 0 Å². The molecule has 1 N–H and O–H groups in total. The van der Waals surface area contributed by atoms with Crippen LogP contribution in [0.1, 0.15) is 28.5 Å². The molecule has 0 aliphatic rings. The number of allylic oxidation sites excluding steroid dienone is 1. The maximum absolute atomic E-state index is 12.1. The highest BCUT2D eigenvalue weighted by molar-refractivity contribution is 5.91. The molecule has 1 aromatic rings. The predicted octanol–water partition coefficient (Wildman–Crippen LogP) is 2.75. The van der Waals surface area contributed by atoms with Crippen molar-refractivity contribution in [2.24, 2.45) is 0 Å². The van der Waals surface area contributed by atoms with E-state index < -0.39 is 5.97 Å². The van der Waals surface area contributed by atoms with Crippen LogP contribution < -0.4 is 0 Å². The number of carbonyl (C=O) groups is 1. The summed E-state index contributed by atoms with van der Waals surface area (Å²) in [6.07, 6.45) is 6.17. The lowest BCUT2D eigenvalue weighted by Gasteiger charge is -2.03. The number of nitrogens with zero attached hydrogens (tertiary/aromatic N) is 1. The van der Waals surface area contributed by atoms with Gasteiger partial charge < -0.3 is 5.11 Å². The maximum atomic E-state index is 12.1. The highest BCUT2D eigenvalue weighted by Gasteiger charge is 2.11. The molecule has 0 atom stereocenters. The first-order valence-corrected chi connectivity index (χ1v) is 4.32. The molecule has 78 valence electrons. The molecule has 0 radical (unpaired) electrons. The summed E-state index contributed by atoms with van der Waals surface area (Å²) < 4.78 is 12.1. The number of aromatic carboxylic acids is 1. The molecule has 0 aliphatic heterocycles. The van der Waals surface area contributed by atoms with Crippen LogP contribution in [-0.4, -0.2) is 16.1 Å². The van der Waals surface area contributed by atoms with Crippen LogP contribution in [0.2, 0.25) is 0 Å². The van der Waals surface area contributed by atoms with Crippen molar-refractivity contribution >= 4 is 18.1 Å². The molecule has 0 aromatic carbocycles. The Kier molecular flexibility index (Phi) is 3.74. The van der Waals surface area contributed by atoms with Crippen LogP contribution in [0.4, 0.5) is 4.39 Å². The molecular formula is C11H10FNO2. The molecular weight excluding hydrogens is 197 g/mol. The van der Waals surface area contributed by atoms with Crippen LogP contribution in [0.25, 0.3) is 12.2 Å². The van der Waals surface area contributed by atoms with Gasteiger partial charge >= 0.3 is 5.97 Å². The average Bonchev–Trinajstić information content (AvgIpc) is 2.21. The van der Waals surface area contributed by atoms with Gasteiger partial charge in [-0.25, -0.2) is 14.2 Å². The number of hydrogen-bond acceptors (Lipinski definition) is 2. The van der Waals surface area contributed by atoms with Crippen LogP contribution in [0.5, 0.6) is 0 Å². The number of carboxylic acid groups (broad SMARTS) is 1. The monoisotopic (exact) mass is 207 g/mol. The van der Waals surface area contributed by atoms with Crippen molar-refractivity contribution < 1.29 is 14.3 Å². The van der Waals surface area contributed by atoms with Crippen LogP contribution in [0.15, 0.2) is 24.7 Å². The first kappa shape index (κ1) is 11.1. The van der Waals surface area contributed by atoms with Gasteiger partial charge in [-0.15, -0.1) is 0 Å². The van der Waals surface area contributed by atoms with Gasteiger partial charge in [-0.05, 0) is 24.6 Å². The third-order valence-corrected chi connectivity index (χ3v) is 1.80. The van der Waals surface area contributed by atoms with Crippen LogP contribution >= 0.6 is 0 Å². The third-order valence-electron chi connectivity index (χ3n) is 1.80. The zero-order valence-electron chi connectivity index (χ0n) is 8.14. The molecule has 3 nitrogen and oxygen atoms in total. The highest BCUT2D eigenvalue weighted by atomic mass is 19.1. The Bertz CT molecular complexity index is 425. The summed E-state index contributed by atoms with van der Waals surface area (Å²) in [6.45, 7) is 1.75. The van der Waals surface area contributed by atoms with Crippen LogP contribution in [-0.2, 0) is 0 Å². The number of carboxylic acids is 1.